The molecule has 5 nitrogen and oxygen atoms in total. The highest BCUT2D eigenvalue weighted by Crippen LogP contribution is 2.23. The SMILES string of the molecule is Cc1nc(-c2ccc(NC(=O)CCc3c(C)noc3C)cc2)cs1. The number of aryl methyl sites for hydroxylation is 3. The van der Waals surface area contributed by atoms with E-state index in [1.165, 1.54) is 0 Å². The average molecular weight is 341 g/mol. The summed E-state index contributed by atoms with van der Waals surface area (Å²) in [6.45, 7) is 5.75. The van der Waals surface area contributed by atoms with Crippen LogP contribution in [0.15, 0.2) is 34.2 Å². The number of carbonyl (C=O) groups is 1. The number of amides is 1. The van der Waals surface area contributed by atoms with Gasteiger partial charge in [0.05, 0.1) is 16.4 Å². The minimum atomic E-state index is -0.0211. The topological polar surface area (TPSA) is 68.0 Å². The summed E-state index contributed by atoms with van der Waals surface area (Å²) < 4.78 is 5.12. The molecule has 124 valence electrons. The third-order valence-electron chi connectivity index (χ3n) is 3.87. The number of carbonyl (C=O) groups excluding carboxylic acids is 1. The Morgan fingerprint density at radius 1 is 1.21 bits per heavy atom. The van der Waals surface area contributed by atoms with Crippen LogP contribution in [0.4, 0.5) is 5.69 Å². The van der Waals surface area contributed by atoms with Crippen molar-refractivity contribution < 1.29 is 9.32 Å². The normalized spacial score (nSPS) is 10.8. The molecule has 1 aromatic carbocycles. The van der Waals surface area contributed by atoms with Gasteiger partial charge in [-0.25, -0.2) is 4.98 Å². The molecule has 0 aliphatic carbocycles. The van der Waals surface area contributed by atoms with Crippen molar-refractivity contribution >= 4 is 22.9 Å². The first-order valence-corrected chi connectivity index (χ1v) is 8.65. The monoisotopic (exact) mass is 341 g/mol. The number of hydrogen-bond acceptors (Lipinski definition) is 5. The van der Waals surface area contributed by atoms with Gasteiger partial charge in [-0.05, 0) is 39.3 Å². The van der Waals surface area contributed by atoms with E-state index in [0.29, 0.717) is 12.8 Å². The van der Waals surface area contributed by atoms with Crippen LogP contribution in [-0.2, 0) is 11.2 Å². The first-order chi connectivity index (χ1) is 11.5. The predicted molar refractivity (Wildman–Crippen MR) is 95.2 cm³/mol. The van der Waals surface area contributed by atoms with Gasteiger partial charge in [0.2, 0.25) is 5.91 Å². The summed E-state index contributed by atoms with van der Waals surface area (Å²) in [6.07, 6.45) is 1.03. The molecule has 0 atom stereocenters. The highest BCUT2D eigenvalue weighted by Gasteiger charge is 2.11. The lowest BCUT2D eigenvalue weighted by Gasteiger charge is -2.06. The Morgan fingerprint density at radius 3 is 2.54 bits per heavy atom. The van der Waals surface area contributed by atoms with Gasteiger partial charge in [-0.15, -0.1) is 11.3 Å². The quantitative estimate of drug-likeness (QED) is 0.751. The van der Waals surface area contributed by atoms with Gasteiger partial charge in [0, 0.05) is 28.6 Å². The summed E-state index contributed by atoms with van der Waals surface area (Å²) in [5, 5.41) is 9.90. The number of benzene rings is 1. The van der Waals surface area contributed by atoms with E-state index in [1.807, 2.05) is 50.4 Å². The van der Waals surface area contributed by atoms with Crippen LogP contribution in [0.25, 0.3) is 11.3 Å². The molecule has 24 heavy (non-hydrogen) atoms. The molecule has 2 heterocycles. The van der Waals surface area contributed by atoms with E-state index in [-0.39, 0.29) is 5.91 Å². The highest BCUT2D eigenvalue weighted by molar-refractivity contribution is 7.09. The van der Waals surface area contributed by atoms with E-state index in [1.54, 1.807) is 11.3 Å². The van der Waals surface area contributed by atoms with Crippen LogP contribution in [-0.4, -0.2) is 16.0 Å². The van der Waals surface area contributed by atoms with E-state index in [4.69, 9.17) is 4.52 Å². The minimum Gasteiger partial charge on any atom is -0.361 e. The van der Waals surface area contributed by atoms with E-state index in [0.717, 1.165) is 39.0 Å². The molecule has 0 aliphatic rings. The summed E-state index contributed by atoms with van der Waals surface area (Å²) >= 11 is 1.63. The maximum absolute atomic E-state index is 12.1. The maximum atomic E-state index is 12.1. The van der Waals surface area contributed by atoms with Gasteiger partial charge in [-0.2, -0.15) is 0 Å². The zero-order chi connectivity index (χ0) is 17.1. The molecule has 0 radical (unpaired) electrons. The average Bonchev–Trinajstić information content (AvgIpc) is 3.13. The summed E-state index contributed by atoms with van der Waals surface area (Å²) in [4.78, 5) is 16.6. The second-order valence-electron chi connectivity index (χ2n) is 5.68. The fourth-order valence-electron chi connectivity index (χ4n) is 2.54. The lowest BCUT2D eigenvalue weighted by molar-refractivity contribution is -0.116. The zero-order valence-electron chi connectivity index (χ0n) is 13.9. The van der Waals surface area contributed by atoms with Gasteiger partial charge in [-0.1, -0.05) is 17.3 Å². The fourth-order valence-corrected chi connectivity index (χ4v) is 3.16. The lowest BCUT2D eigenvalue weighted by Crippen LogP contribution is -2.12. The van der Waals surface area contributed by atoms with Crippen molar-refractivity contribution in [2.24, 2.45) is 0 Å². The smallest absolute Gasteiger partial charge is 0.224 e. The molecule has 6 heteroatoms. The van der Waals surface area contributed by atoms with Crippen molar-refractivity contribution in [1.82, 2.24) is 10.1 Å². The minimum absolute atomic E-state index is 0.0211. The molecule has 1 N–H and O–H groups in total. The third-order valence-corrected chi connectivity index (χ3v) is 4.64. The van der Waals surface area contributed by atoms with Gasteiger partial charge in [-0.3, -0.25) is 4.79 Å². The van der Waals surface area contributed by atoms with Crippen molar-refractivity contribution in [3.8, 4) is 11.3 Å². The standard InChI is InChI=1S/C18H19N3O2S/c1-11-16(12(2)23-21-11)8-9-18(22)20-15-6-4-14(5-7-15)17-10-24-13(3)19-17/h4-7,10H,8-9H2,1-3H3,(H,20,22). The third kappa shape index (κ3) is 3.71. The molecule has 3 aromatic rings. The molecular formula is C18H19N3O2S. The number of nitrogens with zero attached hydrogens (tertiary/aromatic N) is 2. The molecule has 2 aromatic heterocycles. The Hall–Kier alpha value is -2.47. The van der Waals surface area contributed by atoms with Crippen LogP contribution in [0.5, 0.6) is 0 Å². The molecule has 0 aliphatic heterocycles. The van der Waals surface area contributed by atoms with Crippen LogP contribution >= 0.6 is 11.3 Å². The number of hydrogen-bond donors (Lipinski definition) is 1. The number of anilines is 1. The highest BCUT2D eigenvalue weighted by atomic mass is 32.1. The largest absolute Gasteiger partial charge is 0.361 e. The van der Waals surface area contributed by atoms with Crippen LogP contribution < -0.4 is 5.32 Å². The van der Waals surface area contributed by atoms with Gasteiger partial charge >= 0.3 is 0 Å². The van der Waals surface area contributed by atoms with Crippen LogP contribution in [0, 0.1) is 20.8 Å². The maximum Gasteiger partial charge on any atom is 0.224 e. The summed E-state index contributed by atoms with van der Waals surface area (Å²) in [5.41, 5.74) is 4.67. The van der Waals surface area contributed by atoms with E-state index < -0.39 is 0 Å². The van der Waals surface area contributed by atoms with Crippen molar-refractivity contribution in [3.05, 3.63) is 51.7 Å². The molecule has 0 spiro atoms. The number of nitrogens with one attached hydrogen (secondary N) is 1. The molecule has 0 bridgehead atoms. The molecule has 0 unspecified atom stereocenters. The van der Waals surface area contributed by atoms with Crippen LogP contribution in [0.2, 0.25) is 0 Å². The van der Waals surface area contributed by atoms with Crippen molar-refractivity contribution in [3.63, 3.8) is 0 Å². The number of thiazole rings is 1. The van der Waals surface area contributed by atoms with Gasteiger partial charge in [0.25, 0.3) is 0 Å². The van der Waals surface area contributed by atoms with Gasteiger partial charge < -0.3 is 9.84 Å². The lowest BCUT2D eigenvalue weighted by atomic mass is 10.1. The van der Waals surface area contributed by atoms with Crippen molar-refractivity contribution in [2.45, 2.75) is 33.6 Å². The van der Waals surface area contributed by atoms with Crippen LogP contribution in [0.1, 0.15) is 28.4 Å². The molecular weight excluding hydrogens is 322 g/mol. The zero-order valence-corrected chi connectivity index (χ0v) is 14.7. The summed E-state index contributed by atoms with van der Waals surface area (Å²) in [7, 11) is 0. The van der Waals surface area contributed by atoms with Gasteiger partial charge in [0.15, 0.2) is 0 Å². The van der Waals surface area contributed by atoms with E-state index >= 15 is 0 Å². The van der Waals surface area contributed by atoms with Crippen molar-refractivity contribution in [2.75, 3.05) is 5.32 Å². The summed E-state index contributed by atoms with van der Waals surface area (Å²) in [5.74, 6) is 0.760. The molecule has 0 saturated heterocycles. The fraction of sp³-hybridized carbons (Fsp3) is 0.278. The van der Waals surface area contributed by atoms with Crippen LogP contribution in [0.3, 0.4) is 0 Å². The Labute approximate surface area is 144 Å². The predicted octanol–water partition coefficient (Wildman–Crippen LogP) is 4.29. The Kier molecular flexibility index (Phi) is 4.76. The first-order valence-electron chi connectivity index (χ1n) is 7.77. The van der Waals surface area contributed by atoms with E-state index in [2.05, 4.69) is 15.5 Å². The number of aromatic nitrogens is 2. The second kappa shape index (κ2) is 6.97. The molecule has 0 saturated carbocycles. The Balaban J connectivity index is 1.58. The van der Waals surface area contributed by atoms with E-state index in [9.17, 15) is 4.79 Å². The molecule has 3 rings (SSSR count). The number of rotatable bonds is 5. The van der Waals surface area contributed by atoms with Gasteiger partial charge in [0.1, 0.15) is 5.76 Å². The van der Waals surface area contributed by atoms with Crippen molar-refractivity contribution in [1.29, 1.82) is 0 Å². The Morgan fingerprint density at radius 2 is 1.96 bits per heavy atom. The second-order valence-corrected chi connectivity index (χ2v) is 6.74. The summed E-state index contributed by atoms with van der Waals surface area (Å²) in [6, 6.07) is 7.74. The molecule has 0 fully saturated rings. The Bertz CT molecular complexity index is 830. The molecule has 1 amide bonds. The first kappa shape index (κ1) is 16.4.